The molecule has 7 heteroatoms. The maximum atomic E-state index is 12.0. The van der Waals surface area contributed by atoms with E-state index in [-0.39, 0.29) is 18.4 Å². The summed E-state index contributed by atoms with van der Waals surface area (Å²) in [7, 11) is 3.37. The third-order valence-corrected chi connectivity index (χ3v) is 3.08. The minimum Gasteiger partial charge on any atom is -0.356 e. The van der Waals surface area contributed by atoms with E-state index in [1.54, 1.807) is 14.1 Å². The first-order valence-corrected chi connectivity index (χ1v) is 7.75. The number of nitrogens with one attached hydrogen (secondary N) is 3. The second kappa shape index (κ2) is 9.86. The molecule has 0 aromatic rings. The Morgan fingerprint density at radius 2 is 1.78 bits per heavy atom. The van der Waals surface area contributed by atoms with E-state index < -0.39 is 5.41 Å². The van der Waals surface area contributed by atoms with Gasteiger partial charge in [0, 0.05) is 33.7 Å². The fourth-order valence-electron chi connectivity index (χ4n) is 1.48. The van der Waals surface area contributed by atoms with Gasteiger partial charge in [-0.15, -0.1) is 0 Å². The van der Waals surface area contributed by atoms with Crippen molar-refractivity contribution in [2.45, 2.75) is 27.7 Å². The lowest BCUT2D eigenvalue weighted by Gasteiger charge is -2.25. The summed E-state index contributed by atoms with van der Waals surface area (Å²) >= 11 is 0. The highest BCUT2D eigenvalue weighted by Gasteiger charge is 2.27. The molecule has 0 aliphatic rings. The summed E-state index contributed by atoms with van der Waals surface area (Å²) in [6.45, 7) is 12.9. The second-order valence-corrected chi connectivity index (χ2v) is 6.36. The average molecular weight is 325 g/mol. The number of rotatable bonds is 8. The lowest BCUT2D eigenvalue weighted by Crippen LogP contribution is -2.48. The van der Waals surface area contributed by atoms with E-state index in [0.29, 0.717) is 25.6 Å². The van der Waals surface area contributed by atoms with Crippen molar-refractivity contribution in [2.24, 2.45) is 10.4 Å². The van der Waals surface area contributed by atoms with Gasteiger partial charge >= 0.3 is 0 Å². The first kappa shape index (κ1) is 20.9. The SMILES string of the molecule is C=C(C)CNC(=NCC(=O)N(C)C)NCC(C)(C)C(=O)NCC. The predicted molar refractivity (Wildman–Crippen MR) is 94.3 cm³/mol. The molecule has 0 aromatic heterocycles. The summed E-state index contributed by atoms with van der Waals surface area (Å²) in [4.78, 5) is 29.4. The number of carbonyl (C=O) groups excluding carboxylic acids is 2. The molecular weight excluding hydrogens is 294 g/mol. The molecule has 0 heterocycles. The van der Waals surface area contributed by atoms with Gasteiger partial charge in [-0.1, -0.05) is 12.2 Å². The van der Waals surface area contributed by atoms with Gasteiger partial charge < -0.3 is 20.9 Å². The van der Waals surface area contributed by atoms with Crippen LogP contribution < -0.4 is 16.0 Å². The quantitative estimate of drug-likeness (QED) is 0.341. The van der Waals surface area contributed by atoms with Crippen molar-refractivity contribution in [3.63, 3.8) is 0 Å². The van der Waals surface area contributed by atoms with E-state index in [9.17, 15) is 9.59 Å². The fourth-order valence-corrected chi connectivity index (χ4v) is 1.48. The topological polar surface area (TPSA) is 85.8 Å². The van der Waals surface area contributed by atoms with Crippen LogP contribution >= 0.6 is 0 Å². The zero-order chi connectivity index (χ0) is 18.0. The summed E-state index contributed by atoms with van der Waals surface area (Å²) in [6.07, 6.45) is 0. The first-order chi connectivity index (χ1) is 10.6. The number of likely N-dealkylation sites (N-methyl/N-ethyl adjacent to an activating group) is 1. The summed E-state index contributed by atoms with van der Waals surface area (Å²) < 4.78 is 0. The van der Waals surface area contributed by atoms with Crippen LogP contribution in [0.15, 0.2) is 17.1 Å². The Bertz CT molecular complexity index is 455. The number of carbonyl (C=O) groups is 2. The first-order valence-electron chi connectivity index (χ1n) is 7.75. The molecule has 132 valence electrons. The van der Waals surface area contributed by atoms with Crippen molar-refractivity contribution in [1.29, 1.82) is 0 Å². The molecule has 0 atom stereocenters. The number of guanidine groups is 1. The molecule has 0 fully saturated rings. The molecule has 0 aliphatic heterocycles. The largest absolute Gasteiger partial charge is 0.356 e. The Morgan fingerprint density at radius 1 is 1.17 bits per heavy atom. The van der Waals surface area contributed by atoms with Crippen LogP contribution in [0.2, 0.25) is 0 Å². The molecule has 0 saturated heterocycles. The number of nitrogens with zero attached hydrogens (tertiary/aromatic N) is 2. The predicted octanol–water partition coefficient (Wildman–Crippen LogP) is 0.348. The lowest BCUT2D eigenvalue weighted by molar-refractivity contribution is -0.129. The van der Waals surface area contributed by atoms with Crippen molar-refractivity contribution in [2.75, 3.05) is 40.3 Å². The van der Waals surface area contributed by atoms with Gasteiger partial charge in [0.05, 0.1) is 5.41 Å². The van der Waals surface area contributed by atoms with Gasteiger partial charge in [-0.25, -0.2) is 4.99 Å². The molecule has 0 aliphatic carbocycles. The van der Waals surface area contributed by atoms with Crippen LogP contribution in [-0.2, 0) is 9.59 Å². The number of hydrogen-bond acceptors (Lipinski definition) is 3. The highest BCUT2D eigenvalue weighted by molar-refractivity contribution is 5.86. The van der Waals surface area contributed by atoms with Crippen LogP contribution in [0.1, 0.15) is 27.7 Å². The molecule has 0 unspecified atom stereocenters. The van der Waals surface area contributed by atoms with Crippen LogP contribution in [0.4, 0.5) is 0 Å². The third-order valence-electron chi connectivity index (χ3n) is 3.08. The molecule has 0 bridgehead atoms. The van der Waals surface area contributed by atoms with Crippen molar-refractivity contribution in [1.82, 2.24) is 20.9 Å². The van der Waals surface area contributed by atoms with Crippen molar-refractivity contribution < 1.29 is 9.59 Å². The highest BCUT2D eigenvalue weighted by Crippen LogP contribution is 2.13. The van der Waals surface area contributed by atoms with E-state index in [1.165, 1.54) is 4.90 Å². The monoisotopic (exact) mass is 325 g/mol. The minimum atomic E-state index is -0.590. The second-order valence-electron chi connectivity index (χ2n) is 6.36. The number of aliphatic imine (C=N–C) groups is 1. The molecule has 7 nitrogen and oxygen atoms in total. The van der Waals surface area contributed by atoms with Gasteiger partial charge in [0.1, 0.15) is 6.54 Å². The van der Waals surface area contributed by atoms with Gasteiger partial charge in [0.25, 0.3) is 0 Å². The molecule has 0 rings (SSSR count). The van der Waals surface area contributed by atoms with Crippen LogP contribution in [-0.4, -0.2) is 62.9 Å². The van der Waals surface area contributed by atoms with E-state index in [1.807, 2.05) is 27.7 Å². The normalized spacial score (nSPS) is 11.7. The average Bonchev–Trinajstić information content (AvgIpc) is 2.45. The molecule has 0 aromatic carbocycles. The summed E-state index contributed by atoms with van der Waals surface area (Å²) in [5.41, 5.74) is 0.356. The van der Waals surface area contributed by atoms with Crippen LogP contribution in [0.25, 0.3) is 0 Å². The fraction of sp³-hybridized carbons (Fsp3) is 0.688. The van der Waals surface area contributed by atoms with Gasteiger partial charge in [0.15, 0.2) is 5.96 Å². The summed E-state index contributed by atoms with van der Waals surface area (Å²) in [6, 6.07) is 0. The minimum absolute atomic E-state index is 0.0314. The molecule has 23 heavy (non-hydrogen) atoms. The van der Waals surface area contributed by atoms with Crippen LogP contribution in [0.5, 0.6) is 0 Å². The van der Waals surface area contributed by atoms with Crippen molar-refractivity contribution in [3.8, 4) is 0 Å². The Kier molecular flexibility index (Phi) is 8.98. The smallest absolute Gasteiger partial charge is 0.243 e. The van der Waals surface area contributed by atoms with Gasteiger partial charge in [-0.3, -0.25) is 9.59 Å². The third kappa shape index (κ3) is 8.85. The van der Waals surface area contributed by atoms with E-state index >= 15 is 0 Å². The Hall–Kier alpha value is -2.05. The van der Waals surface area contributed by atoms with Gasteiger partial charge in [-0.05, 0) is 27.7 Å². The van der Waals surface area contributed by atoms with E-state index in [2.05, 4.69) is 27.5 Å². The lowest BCUT2D eigenvalue weighted by atomic mass is 9.92. The van der Waals surface area contributed by atoms with Crippen molar-refractivity contribution >= 4 is 17.8 Å². The zero-order valence-electron chi connectivity index (χ0n) is 15.2. The van der Waals surface area contributed by atoms with Crippen molar-refractivity contribution in [3.05, 3.63) is 12.2 Å². The Balaban J connectivity index is 4.81. The van der Waals surface area contributed by atoms with E-state index in [0.717, 1.165) is 5.57 Å². The summed E-state index contributed by atoms with van der Waals surface area (Å²) in [5, 5.41) is 9.02. The number of hydrogen-bond donors (Lipinski definition) is 3. The molecule has 2 amide bonds. The molecular formula is C16H31N5O2. The standard InChI is InChI=1S/C16H31N5O2/c1-8-17-14(23)16(4,5)11-20-15(18-9-12(2)3)19-10-13(22)21(6)7/h2,8-11H2,1,3-7H3,(H,17,23)(H2,18,19,20). The number of amides is 2. The van der Waals surface area contributed by atoms with Gasteiger partial charge in [-0.2, -0.15) is 0 Å². The maximum absolute atomic E-state index is 12.0. The molecule has 0 saturated carbocycles. The highest BCUT2D eigenvalue weighted by atomic mass is 16.2. The molecule has 0 spiro atoms. The maximum Gasteiger partial charge on any atom is 0.243 e. The summed E-state index contributed by atoms with van der Waals surface area (Å²) in [5.74, 6) is 0.362. The van der Waals surface area contributed by atoms with Crippen LogP contribution in [0, 0.1) is 5.41 Å². The van der Waals surface area contributed by atoms with E-state index in [4.69, 9.17) is 0 Å². The molecule has 0 radical (unpaired) electrons. The Morgan fingerprint density at radius 3 is 2.26 bits per heavy atom. The molecule has 3 N–H and O–H groups in total. The van der Waals surface area contributed by atoms with Gasteiger partial charge in [0.2, 0.25) is 11.8 Å². The zero-order valence-corrected chi connectivity index (χ0v) is 15.2. The Labute approximate surface area is 139 Å². The van der Waals surface area contributed by atoms with Crippen LogP contribution in [0.3, 0.4) is 0 Å².